The Labute approximate surface area is 190 Å². The lowest BCUT2D eigenvalue weighted by molar-refractivity contribution is -0.139. The minimum atomic E-state index is -3.68. The van der Waals surface area contributed by atoms with Gasteiger partial charge in [0.1, 0.15) is 23.2 Å². The number of sulfone groups is 1. The van der Waals surface area contributed by atoms with Crippen molar-refractivity contribution in [3.63, 3.8) is 0 Å². The molecule has 1 amide bonds. The maximum atomic E-state index is 12.9. The molecule has 0 unspecified atom stereocenters. The summed E-state index contributed by atoms with van der Waals surface area (Å²) in [5.74, 6) is -1.67. The van der Waals surface area contributed by atoms with Crippen molar-refractivity contribution in [2.75, 3.05) is 12.3 Å². The van der Waals surface area contributed by atoms with E-state index in [2.05, 4.69) is 10.3 Å². The molecule has 1 aromatic rings. The SMILES string of the molecule is Cc1cc(C)c(S(=O)(=O)CC(N)=NCCC[C@H](NC(=O)OC(C)(C)C)C(=O)O)c(C)c1C. The number of aliphatic imine (C=N–C) groups is 1. The van der Waals surface area contributed by atoms with E-state index in [0.717, 1.165) is 11.1 Å². The molecule has 32 heavy (non-hydrogen) atoms. The van der Waals surface area contributed by atoms with E-state index in [0.29, 0.717) is 11.1 Å². The number of carboxylic acids is 1. The molecule has 1 aromatic carbocycles. The van der Waals surface area contributed by atoms with Gasteiger partial charge in [0.05, 0.1) is 4.90 Å². The third-order valence-electron chi connectivity index (χ3n) is 4.89. The maximum Gasteiger partial charge on any atom is 0.408 e. The Bertz CT molecular complexity index is 994. The van der Waals surface area contributed by atoms with Gasteiger partial charge in [0, 0.05) is 6.54 Å². The summed E-state index contributed by atoms with van der Waals surface area (Å²) >= 11 is 0. The largest absolute Gasteiger partial charge is 0.480 e. The minimum Gasteiger partial charge on any atom is -0.480 e. The Kier molecular flexibility index (Phi) is 9.25. The van der Waals surface area contributed by atoms with E-state index in [1.54, 1.807) is 34.6 Å². The first-order valence-corrected chi connectivity index (χ1v) is 12.0. The zero-order valence-electron chi connectivity index (χ0n) is 19.9. The van der Waals surface area contributed by atoms with Crippen LogP contribution in [0.2, 0.25) is 0 Å². The van der Waals surface area contributed by atoms with Crippen LogP contribution in [0.1, 0.15) is 55.9 Å². The second-order valence-electron chi connectivity index (χ2n) is 8.90. The van der Waals surface area contributed by atoms with Crippen molar-refractivity contribution >= 4 is 27.7 Å². The molecule has 0 radical (unpaired) electrons. The summed E-state index contributed by atoms with van der Waals surface area (Å²) in [7, 11) is -3.68. The molecule has 0 saturated heterocycles. The second kappa shape index (κ2) is 10.8. The molecule has 4 N–H and O–H groups in total. The lowest BCUT2D eigenvalue weighted by Gasteiger charge is -2.21. The highest BCUT2D eigenvalue weighted by molar-refractivity contribution is 7.92. The molecule has 0 saturated carbocycles. The number of ether oxygens (including phenoxy) is 1. The highest BCUT2D eigenvalue weighted by Gasteiger charge is 2.24. The van der Waals surface area contributed by atoms with Gasteiger partial charge in [0.2, 0.25) is 0 Å². The lowest BCUT2D eigenvalue weighted by atomic mass is 10.0. The Hall–Kier alpha value is -2.62. The summed E-state index contributed by atoms with van der Waals surface area (Å²) in [4.78, 5) is 27.5. The Morgan fingerprint density at radius 1 is 1.16 bits per heavy atom. The number of nitrogens with one attached hydrogen (secondary N) is 1. The van der Waals surface area contributed by atoms with Gasteiger partial charge in [-0.25, -0.2) is 18.0 Å². The number of alkyl carbamates (subject to hydrolysis) is 1. The number of nitrogens with two attached hydrogens (primary N) is 1. The molecule has 0 spiro atoms. The van der Waals surface area contributed by atoms with Crippen molar-refractivity contribution < 1.29 is 27.9 Å². The Balaban J connectivity index is 2.76. The van der Waals surface area contributed by atoms with Crippen molar-refractivity contribution in [1.82, 2.24) is 5.32 Å². The predicted molar refractivity (Wildman–Crippen MR) is 124 cm³/mol. The normalized spacial score (nSPS) is 13.5. The molecule has 0 aliphatic carbocycles. The number of carbonyl (C=O) groups excluding carboxylic acids is 1. The van der Waals surface area contributed by atoms with Crippen LogP contribution in [0.25, 0.3) is 0 Å². The van der Waals surface area contributed by atoms with Crippen molar-refractivity contribution in [3.05, 3.63) is 28.3 Å². The quantitative estimate of drug-likeness (QED) is 0.286. The van der Waals surface area contributed by atoms with Crippen molar-refractivity contribution in [1.29, 1.82) is 0 Å². The van der Waals surface area contributed by atoms with Gasteiger partial charge >= 0.3 is 12.1 Å². The Morgan fingerprint density at radius 2 is 1.75 bits per heavy atom. The van der Waals surface area contributed by atoms with Gasteiger partial charge in [-0.15, -0.1) is 0 Å². The molecule has 0 heterocycles. The highest BCUT2D eigenvalue weighted by Crippen LogP contribution is 2.26. The maximum absolute atomic E-state index is 12.9. The van der Waals surface area contributed by atoms with E-state index >= 15 is 0 Å². The van der Waals surface area contributed by atoms with Crippen LogP contribution in [0, 0.1) is 27.7 Å². The zero-order chi connectivity index (χ0) is 24.9. The zero-order valence-corrected chi connectivity index (χ0v) is 20.7. The number of benzene rings is 1. The van der Waals surface area contributed by atoms with Crippen LogP contribution in [0.15, 0.2) is 16.0 Å². The molecule has 1 rings (SSSR count). The van der Waals surface area contributed by atoms with Crippen LogP contribution in [0.4, 0.5) is 4.79 Å². The van der Waals surface area contributed by atoms with E-state index in [1.807, 2.05) is 19.9 Å². The first kappa shape index (κ1) is 27.4. The van der Waals surface area contributed by atoms with Crippen LogP contribution in [-0.2, 0) is 19.4 Å². The van der Waals surface area contributed by atoms with Crippen molar-refractivity contribution in [3.8, 4) is 0 Å². The van der Waals surface area contributed by atoms with E-state index in [4.69, 9.17) is 10.5 Å². The van der Waals surface area contributed by atoms with Gasteiger partial charge in [0.15, 0.2) is 9.84 Å². The third-order valence-corrected chi connectivity index (χ3v) is 6.82. The fourth-order valence-electron chi connectivity index (χ4n) is 3.28. The van der Waals surface area contributed by atoms with Gasteiger partial charge in [0.25, 0.3) is 0 Å². The molecule has 0 aliphatic heterocycles. The number of amidine groups is 1. The Morgan fingerprint density at radius 3 is 2.28 bits per heavy atom. The first-order chi connectivity index (χ1) is 14.5. The van der Waals surface area contributed by atoms with Gasteiger partial charge in [-0.05, 0) is 83.6 Å². The molecular formula is C22H35N3O6S. The standard InChI is InChI=1S/C22H35N3O6S/c1-13-11-14(2)19(16(4)15(13)3)32(29,30)12-18(23)24-10-8-9-17(20(26)27)25-21(28)31-22(5,6)7/h11,17H,8-10,12H2,1-7H3,(H2,23,24)(H,25,28)(H,26,27)/t17-/m0/s1. The first-order valence-electron chi connectivity index (χ1n) is 10.4. The van der Waals surface area contributed by atoms with Crippen LogP contribution < -0.4 is 11.1 Å². The van der Waals surface area contributed by atoms with Crippen LogP contribution in [-0.4, -0.2) is 55.4 Å². The molecule has 1 atom stereocenters. The van der Waals surface area contributed by atoms with E-state index < -0.39 is 39.3 Å². The average Bonchev–Trinajstić information content (AvgIpc) is 2.59. The number of carbonyl (C=O) groups is 2. The highest BCUT2D eigenvalue weighted by atomic mass is 32.2. The summed E-state index contributed by atoms with van der Waals surface area (Å²) in [6.45, 7) is 12.5. The molecule has 10 heteroatoms. The minimum absolute atomic E-state index is 0.0472. The van der Waals surface area contributed by atoms with Gasteiger partial charge in [-0.3, -0.25) is 4.99 Å². The summed E-state index contributed by atoms with van der Waals surface area (Å²) in [6, 6.07) is 0.692. The van der Waals surface area contributed by atoms with Gasteiger partial charge in [-0.1, -0.05) is 6.07 Å². The van der Waals surface area contributed by atoms with Gasteiger partial charge < -0.3 is 20.9 Å². The molecule has 180 valence electrons. The molecule has 9 nitrogen and oxygen atoms in total. The second-order valence-corrected chi connectivity index (χ2v) is 10.8. The predicted octanol–water partition coefficient (Wildman–Crippen LogP) is 2.81. The van der Waals surface area contributed by atoms with Crippen LogP contribution >= 0.6 is 0 Å². The van der Waals surface area contributed by atoms with Crippen LogP contribution in [0.3, 0.4) is 0 Å². The lowest BCUT2D eigenvalue weighted by Crippen LogP contribution is -2.43. The fraction of sp³-hybridized carbons (Fsp3) is 0.591. The molecule has 0 fully saturated rings. The van der Waals surface area contributed by atoms with Crippen molar-refractivity contribution in [2.45, 2.75) is 77.8 Å². The topological polar surface area (TPSA) is 148 Å². The molecule has 0 bridgehead atoms. The summed E-state index contributed by atoms with van der Waals surface area (Å²) in [6.07, 6.45) is -0.444. The number of aliphatic carboxylic acids is 1. The number of aryl methyl sites for hydroxylation is 2. The van der Waals surface area contributed by atoms with E-state index in [1.165, 1.54) is 0 Å². The number of carboxylic acid groups (broad SMARTS) is 1. The molecule has 0 aromatic heterocycles. The number of hydrogen-bond acceptors (Lipinski definition) is 6. The van der Waals surface area contributed by atoms with Gasteiger partial charge in [-0.2, -0.15) is 0 Å². The fourth-order valence-corrected chi connectivity index (χ4v) is 5.07. The summed E-state index contributed by atoms with van der Waals surface area (Å²) < 4.78 is 30.9. The number of hydrogen-bond donors (Lipinski definition) is 3. The van der Waals surface area contributed by atoms with Crippen LogP contribution in [0.5, 0.6) is 0 Å². The monoisotopic (exact) mass is 469 g/mol. The smallest absolute Gasteiger partial charge is 0.408 e. The van der Waals surface area contributed by atoms with E-state index in [-0.39, 0.29) is 30.1 Å². The summed E-state index contributed by atoms with van der Waals surface area (Å²) in [5, 5.41) is 11.6. The van der Waals surface area contributed by atoms with E-state index in [9.17, 15) is 23.1 Å². The average molecular weight is 470 g/mol. The molecule has 0 aliphatic rings. The number of amides is 1. The molecular weight excluding hydrogens is 434 g/mol. The number of rotatable bonds is 9. The van der Waals surface area contributed by atoms with Crippen molar-refractivity contribution in [2.24, 2.45) is 10.7 Å². The number of nitrogens with zero attached hydrogens (tertiary/aromatic N) is 1. The third kappa shape index (κ3) is 8.14. The summed E-state index contributed by atoms with van der Waals surface area (Å²) in [5.41, 5.74) is 8.42.